The van der Waals surface area contributed by atoms with E-state index in [1.807, 2.05) is 12.2 Å². The van der Waals surface area contributed by atoms with Crippen LogP contribution in [0.4, 0.5) is 0 Å². The monoisotopic (exact) mass is 601 g/mol. The first-order chi connectivity index (χ1) is 21.0. The van der Waals surface area contributed by atoms with Gasteiger partial charge < -0.3 is 9.90 Å². The minimum Gasteiger partial charge on any atom is -0.375 e. The second kappa shape index (κ2) is 19.8. The van der Waals surface area contributed by atoms with Crippen molar-refractivity contribution in [3.8, 4) is 0 Å². The number of aldehydes is 1. The van der Waals surface area contributed by atoms with Crippen molar-refractivity contribution in [3.05, 3.63) is 89.8 Å². The van der Waals surface area contributed by atoms with Crippen LogP contribution in [0.25, 0.3) is 0 Å². The first kappa shape index (κ1) is 37.7. The average Bonchev–Trinajstić information content (AvgIpc) is 3.02. The number of rotatable bonds is 17. The molecule has 244 valence electrons. The van der Waals surface area contributed by atoms with Crippen LogP contribution in [0.1, 0.15) is 119 Å². The summed E-state index contributed by atoms with van der Waals surface area (Å²) in [6, 6.07) is 0.267. The molecule has 1 saturated carbocycles. The zero-order valence-electron chi connectivity index (χ0n) is 29.0. The van der Waals surface area contributed by atoms with E-state index in [2.05, 4.69) is 95.7 Å². The van der Waals surface area contributed by atoms with Crippen molar-refractivity contribution in [2.24, 2.45) is 23.7 Å². The Morgan fingerprint density at radius 1 is 1.09 bits per heavy atom. The molecule has 2 rings (SSSR count). The number of carbonyl (C=O) groups is 1. The highest BCUT2D eigenvalue weighted by Gasteiger charge is 2.47. The standard InChI is InChI=1S/C41H63NO2/c1-9-10-20-35(5)40-23-16-17-28-42(40)41(44)31-39(27-25-38(41)8)26-24-32(2)19-14-12-11-13-15-21-33(3)36(6)30-37(7)34(4)22-18-29-43/h9-14,19,22,29,33,37-40,44H,1,6,15-18,21,23-28,30-31H2,2-5,7-8H3/b13-11+,14-12+,32-19+,34-22+/t20?,33?,37?,38?,39-,40?,41?/m1/s1. The smallest absolute Gasteiger partial charge is 0.123 e. The second-order valence-corrected chi connectivity index (χ2v) is 13.8. The number of piperidine rings is 1. The predicted octanol–water partition coefficient (Wildman–Crippen LogP) is 10.6. The maximum atomic E-state index is 12.1. The van der Waals surface area contributed by atoms with Crippen molar-refractivity contribution in [1.29, 1.82) is 0 Å². The minimum absolute atomic E-state index is 0.267. The third-order valence-corrected chi connectivity index (χ3v) is 10.3. The van der Waals surface area contributed by atoms with Crippen LogP contribution in [-0.2, 0) is 4.79 Å². The van der Waals surface area contributed by atoms with Crippen LogP contribution in [0.15, 0.2) is 89.8 Å². The largest absolute Gasteiger partial charge is 0.375 e. The number of likely N-dealkylation sites (tertiary alicyclic amines) is 1. The van der Waals surface area contributed by atoms with Gasteiger partial charge in [0.1, 0.15) is 12.0 Å². The van der Waals surface area contributed by atoms with Crippen molar-refractivity contribution in [2.45, 2.75) is 130 Å². The molecular formula is C41H63NO2. The van der Waals surface area contributed by atoms with Crippen LogP contribution in [0, 0.1) is 23.7 Å². The van der Waals surface area contributed by atoms with Crippen molar-refractivity contribution >= 4 is 6.29 Å². The normalized spacial score (nSPS) is 26.8. The van der Waals surface area contributed by atoms with E-state index in [1.54, 1.807) is 6.08 Å². The molecule has 0 aromatic carbocycles. The lowest BCUT2D eigenvalue weighted by Gasteiger charge is -2.53. The maximum absolute atomic E-state index is 12.1. The van der Waals surface area contributed by atoms with Gasteiger partial charge >= 0.3 is 0 Å². The van der Waals surface area contributed by atoms with E-state index < -0.39 is 5.72 Å². The fraction of sp³-hybridized carbons (Fsp3) is 0.610. The van der Waals surface area contributed by atoms with Gasteiger partial charge in [0, 0.05) is 19.0 Å². The molecule has 3 heteroatoms. The lowest BCUT2D eigenvalue weighted by Crippen LogP contribution is -2.61. The van der Waals surface area contributed by atoms with E-state index >= 15 is 0 Å². The van der Waals surface area contributed by atoms with Crippen LogP contribution < -0.4 is 0 Å². The Morgan fingerprint density at radius 2 is 1.86 bits per heavy atom. The molecule has 2 fully saturated rings. The molecule has 1 heterocycles. The molecule has 3 nitrogen and oxygen atoms in total. The summed E-state index contributed by atoms with van der Waals surface area (Å²) in [5, 5.41) is 12.1. The van der Waals surface area contributed by atoms with Gasteiger partial charge in [-0.25, -0.2) is 0 Å². The molecule has 0 amide bonds. The van der Waals surface area contributed by atoms with Gasteiger partial charge in [-0.15, -0.1) is 5.73 Å². The van der Waals surface area contributed by atoms with Gasteiger partial charge in [-0.05, 0) is 120 Å². The number of hydrogen-bond acceptors (Lipinski definition) is 3. The van der Waals surface area contributed by atoms with E-state index in [0.29, 0.717) is 24.2 Å². The summed E-state index contributed by atoms with van der Waals surface area (Å²) in [5.41, 5.74) is 7.86. The lowest BCUT2D eigenvalue weighted by atomic mass is 9.72. The van der Waals surface area contributed by atoms with Crippen LogP contribution >= 0.6 is 0 Å². The first-order valence-electron chi connectivity index (χ1n) is 17.3. The van der Waals surface area contributed by atoms with Gasteiger partial charge in [-0.2, -0.15) is 0 Å². The van der Waals surface area contributed by atoms with Gasteiger partial charge in [-0.3, -0.25) is 4.90 Å². The number of carbonyl (C=O) groups excluding carboxylic acids is 1. The molecule has 1 saturated heterocycles. The summed E-state index contributed by atoms with van der Waals surface area (Å²) >= 11 is 0. The van der Waals surface area contributed by atoms with Gasteiger partial charge in [0.05, 0.1) is 0 Å². The second-order valence-electron chi connectivity index (χ2n) is 13.8. The summed E-state index contributed by atoms with van der Waals surface area (Å²) in [6.07, 6.45) is 30.1. The Hall–Kier alpha value is -2.45. The molecule has 2 aliphatic rings. The summed E-state index contributed by atoms with van der Waals surface area (Å²) in [4.78, 5) is 13.1. The summed E-state index contributed by atoms with van der Waals surface area (Å²) in [7, 11) is 0. The quantitative estimate of drug-likeness (QED) is 0.0780. The highest BCUT2D eigenvalue weighted by atomic mass is 16.3. The van der Waals surface area contributed by atoms with Crippen LogP contribution in [0.3, 0.4) is 0 Å². The van der Waals surface area contributed by atoms with Crippen molar-refractivity contribution < 1.29 is 9.90 Å². The summed E-state index contributed by atoms with van der Waals surface area (Å²) < 4.78 is 0. The number of allylic oxidation sites excluding steroid dienone is 10. The molecule has 44 heavy (non-hydrogen) atoms. The summed E-state index contributed by atoms with van der Waals surface area (Å²) in [6.45, 7) is 22.4. The zero-order valence-corrected chi connectivity index (χ0v) is 29.0. The zero-order chi connectivity index (χ0) is 32.5. The Balaban J connectivity index is 1.82. The van der Waals surface area contributed by atoms with E-state index in [-0.39, 0.29) is 12.0 Å². The number of hydrogen-bond donors (Lipinski definition) is 1. The molecule has 0 aromatic rings. The van der Waals surface area contributed by atoms with E-state index in [4.69, 9.17) is 0 Å². The van der Waals surface area contributed by atoms with Gasteiger partial charge in [-0.1, -0.05) is 99.6 Å². The molecule has 0 radical (unpaired) electrons. The molecule has 6 atom stereocenters. The van der Waals surface area contributed by atoms with Crippen molar-refractivity contribution in [1.82, 2.24) is 4.90 Å². The first-order valence-corrected chi connectivity index (χ1v) is 17.3. The van der Waals surface area contributed by atoms with E-state index in [9.17, 15) is 9.90 Å². The topological polar surface area (TPSA) is 40.5 Å². The molecule has 1 N–H and O–H groups in total. The average molecular weight is 602 g/mol. The molecular weight excluding hydrogens is 538 g/mol. The molecule has 0 aromatic heterocycles. The van der Waals surface area contributed by atoms with Crippen molar-refractivity contribution in [2.75, 3.05) is 6.54 Å². The number of aliphatic hydroxyl groups is 1. The third-order valence-electron chi connectivity index (χ3n) is 10.3. The molecule has 0 bridgehead atoms. The third kappa shape index (κ3) is 12.2. The lowest BCUT2D eigenvalue weighted by molar-refractivity contribution is -0.193. The Kier molecular flexibility index (Phi) is 17.0. The minimum atomic E-state index is -0.734. The van der Waals surface area contributed by atoms with Crippen molar-refractivity contribution in [3.63, 3.8) is 0 Å². The molecule has 0 spiro atoms. The molecule has 5 unspecified atom stereocenters. The molecule has 1 aliphatic heterocycles. The van der Waals surface area contributed by atoms with Crippen LogP contribution in [0.5, 0.6) is 0 Å². The summed E-state index contributed by atoms with van der Waals surface area (Å²) in [5.74, 6) is 1.76. The Bertz CT molecular complexity index is 1110. The van der Waals surface area contributed by atoms with Crippen LogP contribution in [0.2, 0.25) is 0 Å². The van der Waals surface area contributed by atoms with E-state index in [0.717, 1.165) is 70.6 Å². The fourth-order valence-corrected chi connectivity index (χ4v) is 6.94. The number of nitrogens with zero attached hydrogens (tertiary/aromatic N) is 1. The Labute approximate surface area is 271 Å². The maximum Gasteiger partial charge on any atom is 0.123 e. The van der Waals surface area contributed by atoms with Gasteiger partial charge in [0.25, 0.3) is 0 Å². The molecule has 1 aliphatic carbocycles. The van der Waals surface area contributed by atoms with Crippen LogP contribution in [-0.4, -0.2) is 34.6 Å². The van der Waals surface area contributed by atoms with Gasteiger partial charge in [0.2, 0.25) is 0 Å². The fourth-order valence-electron chi connectivity index (χ4n) is 6.94. The highest BCUT2D eigenvalue weighted by Crippen LogP contribution is 2.44. The highest BCUT2D eigenvalue weighted by molar-refractivity contribution is 5.52. The van der Waals surface area contributed by atoms with Gasteiger partial charge in [0.15, 0.2) is 0 Å². The van der Waals surface area contributed by atoms with E-state index in [1.165, 1.54) is 35.1 Å². The Morgan fingerprint density at radius 3 is 2.59 bits per heavy atom. The predicted molar refractivity (Wildman–Crippen MR) is 190 cm³/mol. The SMILES string of the molecule is C=CC=C=C(C)C1CCCCN1C1(O)C[C@H](CC/C(C)=C/C=C/C=C/CCC(C)C(=C)CC(C)/C(C)=C/CC=O)CCC1C.